The summed E-state index contributed by atoms with van der Waals surface area (Å²) in [6, 6.07) is -2.20. The van der Waals surface area contributed by atoms with Crippen LogP contribution < -0.4 is 5.32 Å². The van der Waals surface area contributed by atoms with Crippen molar-refractivity contribution in [2.45, 2.75) is 60.6 Å². The summed E-state index contributed by atoms with van der Waals surface area (Å²) in [5, 5.41) is 23.6. The molecule has 2 aromatic heterocycles. The number of amides is 2. The Balaban J connectivity index is 1.31. The summed E-state index contributed by atoms with van der Waals surface area (Å²) in [6.07, 6.45) is -3.51. The number of carboxylic acids is 1. The van der Waals surface area contributed by atoms with E-state index in [-0.39, 0.29) is 17.3 Å². The summed E-state index contributed by atoms with van der Waals surface area (Å²) >= 11 is 10.0. The molecule has 2 aliphatic heterocycles. The van der Waals surface area contributed by atoms with Gasteiger partial charge in [-0.25, -0.2) is 4.79 Å². The van der Waals surface area contributed by atoms with Gasteiger partial charge in [-0.3, -0.25) is 19.2 Å². The number of hydrogen-bond donors (Lipinski definition) is 2. The van der Waals surface area contributed by atoms with E-state index < -0.39 is 52.1 Å². The van der Waals surface area contributed by atoms with E-state index in [9.17, 15) is 32.7 Å². The molecule has 2 N–H and O–H groups in total. The Hall–Kier alpha value is -2.30. The summed E-state index contributed by atoms with van der Waals surface area (Å²) < 4.78 is 41.9. The SMILES string of the molecule is Cc1nnc(SCC2=C(C(=O)O)N3C(=O)[C@H](NC(=O)[C@@H](C)n4nc(C(F)(F)F)c(Cl)c4C4CC4)[C@@H]3SC2)s1. The van der Waals surface area contributed by atoms with Crippen LogP contribution in [0.25, 0.3) is 0 Å². The molecule has 1 saturated heterocycles. The summed E-state index contributed by atoms with van der Waals surface area (Å²) in [5.74, 6) is -2.18. The average Bonchev–Trinajstić information content (AvgIpc) is 3.50. The molecule has 1 aliphatic carbocycles. The second-order valence-electron chi connectivity index (χ2n) is 8.97. The number of halogens is 4. The molecule has 0 aromatic carbocycles. The number of β-lactam (4-membered cyclic amide) rings is 1. The van der Waals surface area contributed by atoms with Gasteiger partial charge in [-0.15, -0.1) is 22.0 Å². The molecule has 1 saturated carbocycles. The summed E-state index contributed by atoms with van der Waals surface area (Å²) in [4.78, 5) is 39.2. The highest BCUT2D eigenvalue weighted by molar-refractivity contribution is 8.01. The molecule has 2 amide bonds. The van der Waals surface area contributed by atoms with E-state index in [1.165, 1.54) is 41.8 Å². The van der Waals surface area contributed by atoms with E-state index in [2.05, 4.69) is 20.6 Å². The van der Waals surface area contributed by atoms with Gasteiger partial charge in [0, 0.05) is 17.4 Å². The molecule has 0 spiro atoms. The minimum atomic E-state index is -4.78. The van der Waals surface area contributed by atoms with E-state index in [1.54, 1.807) is 0 Å². The molecule has 10 nitrogen and oxygen atoms in total. The summed E-state index contributed by atoms with van der Waals surface area (Å²) in [7, 11) is 0. The van der Waals surface area contributed by atoms with Gasteiger partial charge in [0.15, 0.2) is 10.0 Å². The van der Waals surface area contributed by atoms with Gasteiger partial charge in [0.25, 0.3) is 5.91 Å². The molecule has 0 unspecified atom stereocenters. The first-order valence-electron chi connectivity index (χ1n) is 11.4. The van der Waals surface area contributed by atoms with Gasteiger partial charge < -0.3 is 10.4 Å². The molecule has 3 atom stereocenters. The molecule has 0 bridgehead atoms. The molecule has 4 heterocycles. The number of thioether (sulfide) groups is 2. The zero-order valence-electron chi connectivity index (χ0n) is 19.8. The minimum Gasteiger partial charge on any atom is -0.477 e. The van der Waals surface area contributed by atoms with Gasteiger partial charge in [-0.2, -0.15) is 18.3 Å². The number of aryl methyl sites for hydroxylation is 1. The summed E-state index contributed by atoms with van der Waals surface area (Å²) in [5.41, 5.74) is -0.683. The zero-order valence-corrected chi connectivity index (χ0v) is 23.0. The third kappa shape index (κ3) is 4.91. The fraction of sp³-hybridized carbons (Fsp3) is 0.524. The second-order valence-corrected chi connectivity index (χ2v) is 12.9. The number of carboxylic acid groups (broad SMARTS) is 1. The minimum absolute atomic E-state index is 0.129. The van der Waals surface area contributed by atoms with Crippen LogP contribution in [-0.2, 0) is 20.6 Å². The van der Waals surface area contributed by atoms with Gasteiger partial charge in [-0.05, 0) is 32.3 Å². The van der Waals surface area contributed by atoms with Crippen LogP contribution in [0.4, 0.5) is 13.2 Å². The lowest BCUT2D eigenvalue weighted by Crippen LogP contribution is -2.71. The molecule has 2 aromatic rings. The van der Waals surface area contributed by atoms with E-state index in [4.69, 9.17) is 11.6 Å². The van der Waals surface area contributed by atoms with Crippen molar-refractivity contribution in [3.05, 3.63) is 32.7 Å². The molecule has 3 aliphatic rings. The highest BCUT2D eigenvalue weighted by Crippen LogP contribution is 2.48. The van der Waals surface area contributed by atoms with E-state index >= 15 is 0 Å². The fourth-order valence-corrected chi connectivity index (χ4v) is 7.98. The summed E-state index contributed by atoms with van der Waals surface area (Å²) in [6.45, 7) is 3.19. The number of carbonyl (C=O) groups is 3. The van der Waals surface area contributed by atoms with Crippen molar-refractivity contribution in [2.75, 3.05) is 11.5 Å². The molecule has 5 rings (SSSR count). The number of rotatable bonds is 8. The number of fused-ring (bicyclic) bond motifs is 1. The van der Waals surface area contributed by atoms with Crippen molar-refractivity contribution in [1.29, 1.82) is 0 Å². The standard InChI is InChI=1S/C21H20ClF3N6O4S3/c1-7(31-13(9-3-4-9)11(22)15(29-31)21(23,24)25)16(32)26-12-17(33)30-14(19(34)35)10(5-36-18(12)30)6-37-20-28-27-8(2)38-20/h7,9,12,18H,3-6H2,1-2H3,(H,26,32)(H,34,35)/t7-,12+,18+/m1/s1. The first-order chi connectivity index (χ1) is 17.9. The van der Waals surface area contributed by atoms with Crippen molar-refractivity contribution < 1.29 is 32.7 Å². The Morgan fingerprint density at radius 3 is 2.61 bits per heavy atom. The lowest BCUT2D eigenvalue weighted by atomic mass is 10.0. The van der Waals surface area contributed by atoms with Gasteiger partial charge in [0.2, 0.25) is 5.91 Å². The fourth-order valence-electron chi connectivity index (χ4n) is 4.29. The first-order valence-corrected chi connectivity index (χ1v) is 14.6. The highest BCUT2D eigenvalue weighted by Gasteiger charge is 2.54. The topological polar surface area (TPSA) is 130 Å². The van der Waals surface area contributed by atoms with Crippen LogP contribution in [0, 0.1) is 6.92 Å². The third-order valence-corrected chi connectivity index (χ3v) is 10.1. The van der Waals surface area contributed by atoms with Crippen molar-refractivity contribution in [3.63, 3.8) is 0 Å². The lowest BCUT2D eigenvalue weighted by Gasteiger charge is -2.49. The predicted octanol–water partition coefficient (Wildman–Crippen LogP) is 3.68. The van der Waals surface area contributed by atoms with Crippen LogP contribution in [0.5, 0.6) is 0 Å². The molecule has 204 valence electrons. The monoisotopic (exact) mass is 608 g/mol. The van der Waals surface area contributed by atoms with Crippen LogP contribution in [0.2, 0.25) is 5.02 Å². The number of nitrogens with zero attached hydrogens (tertiary/aromatic N) is 5. The molecule has 0 radical (unpaired) electrons. The second kappa shape index (κ2) is 10.0. The highest BCUT2D eigenvalue weighted by atomic mass is 35.5. The molecular weight excluding hydrogens is 589 g/mol. The Labute approximate surface area is 231 Å². The van der Waals surface area contributed by atoms with Crippen molar-refractivity contribution in [3.8, 4) is 0 Å². The number of aliphatic carboxylic acids is 1. The number of alkyl halides is 3. The first kappa shape index (κ1) is 27.3. The van der Waals surface area contributed by atoms with Gasteiger partial charge in [0.1, 0.15) is 28.2 Å². The number of aromatic nitrogens is 4. The molecular formula is C21H20ClF3N6O4S3. The van der Waals surface area contributed by atoms with Crippen molar-refractivity contribution in [2.24, 2.45) is 0 Å². The van der Waals surface area contributed by atoms with E-state index in [0.29, 0.717) is 34.3 Å². The number of carbonyl (C=O) groups excluding carboxylic acids is 2. The van der Waals surface area contributed by atoms with Crippen molar-refractivity contribution in [1.82, 2.24) is 30.2 Å². The van der Waals surface area contributed by atoms with Crippen molar-refractivity contribution >= 4 is 64.2 Å². The zero-order chi connectivity index (χ0) is 27.5. The van der Waals surface area contributed by atoms with Gasteiger partial charge >= 0.3 is 12.1 Å². The average molecular weight is 609 g/mol. The van der Waals surface area contributed by atoms with Crippen LogP contribution >= 0.6 is 46.5 Å². The maximum Gasteiger partial charge on any atom is 0.436 e. The normalized spacial score (nSPS) is 22.3. The van der Waals surface area contributed by atoms with Crippen LogP contribution in [0.1, 0.15) is 48.1 Å². The maximum atomic E-state index is 13.4. The molecule has 17 heteroatoms. The Morgan fingerprint density at radius 2 is 2.03 bits per heavy atom. The Bertz CT molecular complexity index is 1360. The Kier molecular flexibility index (Phi) is 7.19. The predicted molar refractivity (Wildman–Crippen MR) is 134 cm³/mol. The van der Waals surface area contributed by atoms with E-state index in [1.807, 2.05) is 6.92 Å². The van der Waals surface area contributed by atoms with Crippen LogP contribution in [0.15, 0.2) is 15.6 Å². The van der Waals surface area contributed by atoms with Crippen LogP contribution in [0.3, 0.4) is 0 Å². The molecule has 38 heavy (non-hydrogen) atoms. The van der Waals surface area contributed by atoms with E-state index in [0.717, 1.165) is 14.6 Å². The Morgan fingerprint density at radius 1 is 1.32 bits per heavy atom. The number of nitrogens with one attached hydrogen (secondary N) is 1. The smallest absolute Gasteiger partial charge is 0.436 e. The van der Waals surface area contributed by atoms with Gasteiger partial charge in [0.05, 0.1) is 10.7 Å². The quantitative estimate of drug-likeness (QED) is 0.340. The number of hydrogen-bond acceptors (Lipinski definition) is 9. The largest absolute Gasteiger partial charge is 0.477 e. The molecule has 2 fully saturated rings. The maximum absolute atomic E-state index is 13.4. The van der Waals surface area contributed by atoms with Gasteiger partial charge in [-0.1, -0.05) is 34.7 Å². The lowest BCUT2D eigenvalue weighted by molar-refractivity contribution is -0.151. The van der Waals surface area contributed by atoms with Crippen LogP contribution in [-0.4, -0.2) is 70.7 Å². The third-order valence-electron chi connectivity index (χ3n) is 6.29.